The molecule has 2 nitrogen and oxygen atoms in total. The zero-order chi connectivity index (χ0) is 13.2. The minimum absolute atomic E-state index is 0. The van der Waals surface area contributed by atoms with Crippen LogP contribution >= 0.6 is 24.0 Å². The molecule has 0 bridgehead atoms. The van der Waals surface area contributed by atoms with E-state index in [9.17, 15) is 0 Å². The van der Waals surface area contributed by atoms with Crippen LogP contribution < -0.4 is 0 Å². The van der Waals surface area contributed by atoms with Crippen molar-refractivity contribution in [1.82, 2.24) is 9.38 Å². The summed E-state index contributed by atoms with van der Waals surface area (Å²) in [7, 11) is 0. The van der Waals surface area contributed by atoms with Crippen molar-refractivity contribution >= 4 is 29.7 Å². The minimum Gasteiger partial charge on any atom is -0.303 e. The van der Waals surface area contributed by atoms with Crippen molar-refractivity contribution in [2.24, 2.45) is 0 Å². The standard InChI is InChI=1S/C16H15ClN2.ClH/c1-12-5-4-6-13(9-12)10-14-15(11-17)19-8-3-2-7-16(19)18-14;/h2-9H,10-11H2,1H3;1H. The summed E-state index contributed by atoms with van der Waals surface area (Å²) in [5.41, 5.74) is 5.65. The first-order valence-electron chi connectivity index (χ1n) is 6.34. The molecule has 0 saturated carbocycles. The van der Waals surface area contributed by atoms with Gasteiger partial charge >= 0.3 is 0 Å². The second-order valence-electron chi connectivity index (χ2n) is 4.73. The van der Waals surface area contributed by atoms with Crippen LogP contribution in [0.1, 0.15) is 22.5 Å². The molecule has 2 heterocycles. The van der Waals surface area contributed by atoms with Gasteiger partial charge in [-0.2, -0.15) is 0 Å². The van der Waals surface area contributed by atoms with Crippen molar-refractivity contribution in [3.05, 3.63) is 71.2 Å². The van der Waals surface area contributed by atoms with E-state index in [0.717, 1.165) is 23.5 Å². The zero-order valence-corrected chi connectivity index (χ0v) is 12.8. The molecular weight excluding hydrogens is 291 g/mol. The Morgan fingerprint density at radius 2 is 2.00 bits per heavy atom. The van der Waals surface area contributed by atoms with Gasteiger partial charge in [0.15, 0.2) is 0 Å². The predicted molar refractivity (Wildman–Crippen MR) is 86.0 cm³/mol. The fourth-order valence-corrected chi connectivity index (χ4v) is 2.68. The van der Waals surface area contributed by atoms with Gasteiger partial charge in [-0.1, -0.05) is 35.9 Å². The topological polar surface area (TPSA) is 17.3 Å². The molecule has 0 aliphatic rings. The molecule has 0 saturated heterocycles. The highest BCUT2D eigenvalue weighted by Crippen LogP contribution is 2.18. The Morgan fingerprint density at radius 1 is 1.15 bits per heavy atom. The highest BCUT2D eigenvalue weighted by molar-refractivity contribution is 6.17. The molecule has 0 radical (unpaired) electrons. The van der Waals surface area contributed by atoms with Gasteiger partial charge in [-0.3, -0.25) is 0 Å². The van der Waals surface area contributed by atoms with Gasteiger partial charge < -0.3 is 4.40 Å². The van der Waals surface area contributed by atoms with Crippen molar-refractivity contribution in [3.63, 3.8) is 0 Å². The van der Waals surface area contributed by atoms with Crippen molar-refractivity contribution in [2.45, 2.75) is 19.2 Å². The highest BCUT2D eigenvalue weighted by atomic mass is 35.5. The Bertz CT molecular complexity index is 719. The zero-order valence-electron chi connectivity index (χ0n) is 11.2. The van der Waals surface area contributed by atoms with Crippen LogP contribution in [0.2, 0.25) is 0 Å². The molecule has 0 spiro atoms. The first-order valence-corrected chi connectivity index (χ1v) is 6.88. The van der Waals surface area contributed by atoms with Gasteiger partial charge in [-0.05, 0) is 24.6 Å². The van der Waals surface area contributed by atoms with Crippen LogP contribution in [0.3, 0.4) is 0 Å². The number of hydrogen-bond donors (Lipinski definition) is 0. The fourth-order valence-electron chi connectivity index (χ4n) is 2.39. The summed E-state index contributed by atoms with van der Waals surface area (Å²) >= 11 is 6.09. The number of aromatic nitrogens is 2. The van der Waals surface area contributed by atoms with Crippen molar-refractivity contribution < 1.29 is 0 Å². The molecule has 2 aromatic heterocycles. The lowest BCUT2D eigenvalue weighted by Gasteiger charge is -2.03. The minimum atomic E-state index is 0. The van der Waals surface area contributed by atoms with Gasteiger partial charge in [0, 0.05) is 12.6 Å². The second kappa shape index (κ2) is 6.29. The Labute approximate surface area is 129 Å². The summed E-state index contributed by atoms with van der Waals surface area (Å²) in [6.07, 6.45) is 2.84. The monoisotopic (exact) mass is 306 g/mol. The maximum absolute atomic E-state index is 6.09. The summed E-state index contributed by atoms with van der Waals surface area (Å²) in [4.78, 5) is 4.69. The third-order valence-electron chi connectivity index (χ3n) is 3.29. The maximum atomic E-state index is 6.09. The summed E-state index contributed by atoms with van der Waals surface area (Å²) in [5, 5.41) is 0. The van der Waals surface area contributed by atoms with E-state index in [4.69, 9.17) is 11.6 Å². The smallest absolute Gasteiger partial charge is 0.137 e. The Balaban J connectivity index is 0.00000147. The lowest BCUT2D eigenvalue weighted by atomic mass is 10.1. The number of nitrogens with zero attached hydrogens (tertiary/aromatic N) is 2. The van der Waals surface area contributed by atoms with E-state index in [-0.39, 0.29) is 12.4 Å². The van der Waals surface area contributed by atoms with Gasteiger partial charge in [0.05, 0.1) is 17.3 Å². The average molecular weight is 307 g/mol. The van der Waals surface area contributed by atoms with E-state index in [1.807, 2.05) is 24.4 Å². The van der Waals surface area contributed by atoms with E-state index < -0.39 is 0 Å². The van der Waals surface area contributed by atoms with Crippen LogP contribution in [-0.2, 0) is 12.3 Å². The van der Waals surface area contributed by atoms with E-state index in [1.54, 1.807) is 0 Å². The number of halogens is 2. The maximum Gasteiger partial charge on any atom is 0.137 e. The van der Waals surface area contributed by atoms with Crippen LogP contribution in [0.25, 0.3) is 5.65 Å². The molecule has 104 valence electrons. The molecule has 0 N–H and O–H groups in total. The molecule has 4 heteroatoms. The number of alkyl halides is 1. The molecule has 1 aromatic carbocycles. The summed E-state index contributed by atoms with van der Waals surface area (Å²) < 4.78 is 2.07. The number of pyridine rings is 1. The lowest BCUT2D eigenvalue weighted by molar-refractivity contribution is 1.03. The number of hydrogen-bond acceptors (Lipinski definition) is 1. The van der Waals surface area contributed by atoms with Gasteiger partial charge in [0.25, 0.3) is 0 Å². The Hall–Kier alpha value is -1.51. The molecular formula is C16H16Cl2N2. The summed E-state index contributed by atoms with van der Waals surface area (Å²) in [6.45, 7) is 2.11. The molecule has 0 unspecified atom stereocenters. The summed E-state index contributed by atoms with van der Waals surface area (Å²) in [6, 6.07) is 14.5. The van der Waals surface area contributed by atoms with Gasteiger partial charge in [0.1, 0.15) is 5.65 Å². The molecule has 0 fully saturated rings. The first-order chi connectivity index (χ1) is 9.28. The molecule has 0 aliphatic heterocycles. The van der Waals surface area contributed by atoms with Gasteiger partial charge in [0.2, 0.25) is 0 Å². The molecule has 3 aromatic rings. The van der Waals surface area contributed by atoms with E-state index in [1.165, 1.54) is 11.1 Å². The van der Waals surface area contributed by atoms with Crippen molar-refractivity contribution in [2.75, 3.05) is 0 Å². The highest BCUT2D eigenvalue weighted by Gasteiger charge is 2.11. The third kappa shape index (κ3) is 2.82. The Morgan fingerprint density at radius 3 is 2.75 bits per heavy atom. The average Bonchev–Trinajstić information content (AvgIpc) is 2.75. The van der Waals surface area contributed by atoms with Gasteiger partial charge in [-0.25, -0.2) is 4.98 Å². The molecule has 0 aliphatic carbocycles. The van der Waals surface area contributed by atoms with Crippen LogP contribution in [0.5, 0.6) is 0 Å². The number of rotatable bonds is 3. The van der Waals surface area contributed by atoms with Crippen LogP contribution in [0, 0.1) is 6.92 Å². The van der Waals surface area contributed by atoms with Crippen molar-refractivity contribution in [1.29, 1.82) is 0 Å². The second-order valence-corrected chi connectivity index (χ2v) is 5.00. The predicted octanol–water partition coefficient (Wildman–Crippen LogP) is 4.39. The fraction of sp³-hybridized carbons (Fsp3) is 0.188. The van der Waals surface area contributed by atoms with E-state index in [0.29, 0.717) is 5.88 Å². The van der Waals surface area contributed by atoms with E-state index in [2.05, 4.69) is 40.6 Å². The number of fused-ring (bicyclic) bond motifs is 1. The molecule has 0 amide bonds. The molecule has 0 atom stereocenters. The van der Waals surface area contributed by atoms with Gasteiger partial charge in [-0.15, -0.1) is 24.0 Å². The first kappa shape index (κ1) is 14.9. The lowest BCUT2D eigenvalue weighted by Crippen LogP contribution is -1.95. The van der Waals surface area contributed by atoms with Crippen molar-refractivity contribution in [3.8, 4) is 0 Å². The summed E-state index contributed by atoms with van der Waals surface area (Å²) in [5.74, 6) is 0.479. The molecule has 3 rings (SSSR count). The largest absolute Gasteiger partial charge is 0.303 e. The Kier molecular flexibility index (Phi) is 4.69. The third-order valence-corrected chi connectivity index (χ3v) is 3.55. The van der Waals surface area contributed by atoms with Crippen LogP contribution in [0.15, 0.2) is 48.7 Å². The molecule has 20 heavy (non-hydrogen) atoms. The van der Waals surface area contributed by atoms with E-state index >= 15 is 0 Å². The number of imidazole rings is 1. The SMILES string of the molecule is Cc1cccc(Cc2nc3ccccn3c2CCl)c1.Cl. The number of benzene rings is 1. The van der Waals surface area contributed by atoms with Crippen LogP contribution in [0.4, 0.5) is 0 Å². The number of aryl methyl sites for hydroxylation is 1. The van der Waals surface area contributed by atoms with Crippen LogP contribution in [-0.4, -0.2) is 9.38 Å². The quantitative estimate of drug-likeness (QED) is 0.656. The normalized spacial score (nSPS) is 10.5.